The van der Waals surface area contributed by atoms with Gasteiger partial charge in [0.15, 0.2) is 0 Å². The van der Waals surface area contributed by atoms with Gasteiger partial charge >= 0.3 is 0 Å². The lowest BCUT2D eigenvalue weighted by molar-refractivity contribution is 0.0842. The van der Waals surface area contributed by atoms with E-state index in [0.717, 1.165) is 6.54 Å². The molecule has 1 N–H and O–H groups in total. The lowest BCUT2D eigenvalue weighted by atomic mass is 9.63. The summed E-state index contributed by atoms with van der Waals surface area (Å²) in [6.07, 6.45) is 7.68. The SMILES string of the molecule is Cn1cncc1CNC1CC(C)(C)CC(C)(C)C1. The Kier molecular flexibility index (Phi) is 3.54. The fraction of sp³-hybridized carbons (Fsp3) is 0.800. The third-order valence-corrected chi connectivity index (χ3v) is 4.04. The average molecular weight is 249 g/mol. The van der Waals surface area contributed by atoms with Gasteiger partial charge in [0, 0.05) is 25.8 Å². The van der Waals surface area contributed by atoms with Crippen molar-refractivity contribution < 1.29 is 0 Å². The Hall–Kier alpha value is -0.830. The molecule has 102 valence electrons. The third kappa shape index (κ3) is 3.35. The van der Waals surface area contributed by atoms with E-state index >= 15 is 0 Å². The van der Waals surface area contributed by atoms with E-state index in [2.05, 4.69) is 49.6 Å². The van der Waals surface area contributed by atoms with Crippen LogP contribution in [0.1, 0.15) is 52.7 Å². The van der Waals surface area contributed by atoms with E-state index in [1.54, 1.807) is 0 Å². The molecule has 0 aliphatic heterocycles. The van der Waals surface area contributed by atoms with E-state index in [9.17, 15) is 0 Å². The van der Waals surface area contributed by atoms with Gasteiger partial charge in [-0.2, -0.15) is 0 Å². The quantitative estimate of drug-likeness (QED) is 0.892. The maximum atomic E-state index is 4.17. The Bertz CT molecular complexity index is 388. The summed E-state index contributed by atoms with van der Waals surface area (Å²) >= 11 is 0. The fourth-order valence-electron chi connectivity index (χ4n) is 3.79. The van der Waals surface area contributed by atoms with Crippen LogP contribution < -0.4 is 5.32 Å². The van der Waals surface area contributed by atoms with Crippen LogP contribution in [-0.4, -0.2) is 15.6 Å². The van der Waals surface area contributed by atoms with Gasteiger partial charge in [0.05, 0.1) is 12.0 Å². The zero-order valence-corrected chi connectivity index (χ0v) is 12.5. The van der Waals surface area contributed by atoms with Crippen molar-refractivity contribution in [3.8, 4) is 0 Å². The number of aryl methyl sites for hydroxylation is 1. The summed E-state index contributed by atoms with van der Waals surface area (Å²) in [5, 5.41) is 3.72. The molecule has 1 aliphatic carbocycles. The number of nitrogens with one attached hydrogen (secondary N) is 1. The number of hydrogen-bond donors (Lipinski definition) is 1. The van der Waals surface area contributed by atoms with Gasteiger partial charge in [-0.15, -0.1) is 0 Å². The first kappa shape index (κ1) is 13.6. The van der Waals surface area contributed by atoms with Gasteiger partial charge in [-0.05, 0) is 30.1 Å². The standard InChI is InChI=1S/C15H27N3/c1-14(2)6-12(7-15(3,4)10-14)17-9-13-8-16-11-18(13)5/h8,11-12,17H,6-7,9-10H2,1-5H3. The second-order valence-corrected chi connectivity index (χ2v) is 7.49. The van der Waals surface area contributed by atoms with Gasteiger partial charge in [0.25, 0.3) is 0 Å². The molecule has 18 heavy (non-hydrogen) atoms. The monoisotopic (exact) mass is 249 g/mol. The van der Waals surface area contributed by atoms with Crippen molar-refractivity contribution in [3.63, 3.8) is 0 Å². The van der Waals surface area contributed by atoms with Crippen molar-refractivity contribution in [3.05, 3.63) is 18.2 Å². The lowest BCUT2D eigenvalue weighted by Gasteiger charge is -2.45. The molecule has 0 spiro atoms. The first-order valence-electron chi connectivity index (χ1n) is 6.96. The highest BCUT2D eigenvalue weighted by Gasteiger charge is 2.38. The van der Waals surface area contributed by atoms with Crippen LogP contribution in [0.3, 0.4) is 0 Å². The highest BCUT2D eigenvalue weighted by Crippen LogP contribution is 2.45. The van der Waals surface area contributed by atoms with Crippen LogP contribution in [0.15, 0.2) is 12.5 Å². The molecule has 0 amide bonds. The molecule has 0 bridgehead atoms. The van der Waals surface area contributed by atoms with Gasteiger partial charge in [-0.25, -0.2) is 4.98 Å². The molecule has 1 aromatic heterocycles. The Balaban J connectivity index is 1.95. The fourth-order valence-corrected chi connectivity index (χ4v) is 3.79. The summed E-state index contributed by atoms with van der Waals surface area (Å²) in [5.74, 6) is 0. The summed E-state index contributed by atoms with van der Waals surface area (Å²) in [6.45, 7) is 10.5. The number of aromatic nitrogens is 2. The molecule has 1 saturated carbocycles. The van der Waals surface area contributed by atoms with Gasteiger partial charge < -0.3 is 9.88 Å². The van der Waals surface area contributed by atoms with Crippen molar-refractivity contribution in [2.75, 3.05) is 0 Å². The minimum atomic E-state index is 0.450. The normalized spacial score (nSPS) is 23.2. The Morgan fingerprint density at radius 3 is 2.39 bits per heavy atom. The summed E-state index contributed by atoms with van der Waals surface area (Å²) in [5.41, 5.74) is 2.16. The van der Waals surface area contributed by atoms with Crippen molar-refractivity contribution in [2.24, 2.45) is 17.9 Å². The molecule has 0 unspecified atom stereocenters. The molecular weight excluding hydrogens is 222 g/mol. The third-order valence-electron chi connectivity index (χ3n) is 4.04. The number of hydrogen-bond acceptors (Lipinski definition) is 2. The highest BCUT2D eigenvalue weighted by molar-refractivity contribution is 4.99. The van der Waals surface area contributed by atoms with Crippen molar-refractivity contribution in [2.45, 2.75) is 59.5 Å². The molecule has 0 atom stereocenters. The van der Waals surface area contributed by atoms with Crippen LogP contribution in [-0.2, 0) is 13.6 Å². The first-order chi connectivity index (χ1) is 8.27. The minimum absolute atomic E-state index is 0.450. The van der Waals surface area contributed by atoms with Crippen LogP contribution in [0.4, 0.5) is 0 Å². The zero-order valence-electron chi connectivity index (χ0n) is 12.5. The van der Waals surface area contributed by atoms with Crippen molar-refractivity contribution >= 4 is 0 Å². The predicted octanol–water partition coefficient (Wildman–Crippen LogP) is 3.11. The maximum absolute atomic E-state index is 4.17. The van der Waals surface area contributed by atoms with E-state index in [0.29, 0.717) is 16.9 Å². The molecule has 1 aromatic rings. The van der Waals surface area contributed by atoms with Gasteiger partial charge in [-0.3, -0.25) is 0 Å². The Labute approximate surface area is 111 Å². The Morgan fingerprint density at radius 1 is 1.28 bits per heavy atom. The predicted molar refractivity (Wildman–Crippen MR) is 75.2 cm³/mol. The van der Waals surface area contributed by atoms with Crippen LogP contribution in [0, 0.1) is 10.8 Å². The van der Waals surface area contributed by atoms with Crippen LogP contribution in [0.25, 0.3) is 0 Å². The van der Waals surface area contributed by atoms with Gasteiger partial charge in [0.2, 0.25) is 0 Å². The molecule has 1 fully saturated rings. The van der Waals surface area contributed by atoms with Gasteiger partial charge in [-0.1, -0.05) is 27.7 Å². The average Bonchev–Trinajstić information content (AvgIpc) is 2.56. The summed E-state index contributed by atoms with van der Waals surface area (Å²) < 4.78 is 2.09. The molecule has 2 rings (SSSR count). The molecule has 1 aliphatic rings. The van der Waals surface area contributed by atoms with E-state index < -0.39 is 0 Å². The largest absolute Gasteiger partial charge is 0.337 e. The van der Waals surface area contributed by atoms with E-state index in [1.165, 1.54) is 25.0 Å². The van der Waals surface area contributed by atoms with E-state index in [1.807, 2.05) is 12.5 Å². The minimum Gasteiger partial charge on any atom is -0.337 e. The van der Waals surface area contributed by atoms with Gasteiger partial charge in [0.1, 0.15) is 0 Å². The molecule has 1 heterocycles. The molecular formula is C15H27N3. The van der Waals surface area contributed by atoms with E-state index in [-0.39, 0.29) is 0 Å². The molecule has 3 nitrogen and oxygen atoms in total. The maximum Gasteiger partial charge on any atom is 0.0945 e. The smallest absolute Gasteiger partial charge is 0.0945 e. The number of imidazole rings is 1. The molecule has 0 radical (unpaired) electrons. The highest BCUT2D eigenvalue weighted by atomic mass is 15.1. The number of nitrogens with zero attached hydrogens (tertiary/aromatic N) is 2. The first-order valence-corrected chi connectivity index (χ1v) is 6.96. The van der Waals surface area contributed by atoms with Crippen LogP contribution >= 0.6 is 0 Å². The second kappa shape index (κ2) is 4.69. The van der Waals surface area contributed by atoms with Crippen molar-refractivity contribution in [1.29, 1.82) is 0 Å². The topological polar surface area (TPSA) is 29.9 Å². The van der Waals surface area contributed by atoms with E-state index in [4.69, 9.17) is 0 Å². The number of rotatable bonds is 3. The summed E-state index contributed by atoms with van der Waals surface area (Å²) in [7, 11) is 2.05. The molecule has 3 heteroatoms. The second-order valence-electron chi connectivity index (χ2n) is 7.49. The summed E-state index contributed by atoms with van der Waals surface area (Å²) in [4.78, 5) is 4.17. The lowest BCUT2D eigenvalue weighted by Crippen LogP contribution is -2.43. The molecule has 0 saturated heterocycles. The van der Waals surface area contributed by atoms with Crippen molar-refractivity contribution in [1.82, 2.24) is 14.9 Å². The van der Waals surface area contributed by atoms with Crippen LogP contribution in [0.5, 0.6) is 0 Å². The Morgan fingerprint density at radius 2 is 1.89 bits per heavy atom. The molecule has 0 aromatic carbocycles. The summed E-state index contributed by atoms with van der Waals surface area (Å²) in [6, 6.07) is 0.624. The zero-order chi connectivity index (χ0) is 13.4. The van der Waals surface area contributed by atoms with Crippen LogP contribution in [0.2, 0.25) is 0 Å².